The van der Waals surface area contributed by atoms with Gasteiger partial charge >= 0.3 is 6.09 Å². The van der Waals surface area contributed by atoms with E-state index >= 15 is 0 Å². The van der Waals surface area contributed by atoms with Crippen LogP contribution in [-0.4, -0.2) is 35.7 Å². The minimum atomic E-state index is -0.720. The monoisotopic (exact) mass is 342 g/mol. The van der Waals surface area contributed by atoms with Gasteiger partial charge in [-0.1, -0.05) is 0 Å². The topological polar surface area (TPSA) is 67.4 Å². The summed E-state index contributed by atoms with van der Waals surface area (Å²) < 4.78 is 18.1. The summed E-state index contributed by atoms with van der Waals surface area (Å²) in [7, 11) is 0. The second-order valence-electron chi connectivity index (χ2n) is 5.98. The molecule has 0 saturated heterocycles. The highest BCUT2D eigenvalue weighted by Crippen LogP contribution is 2.11. The van der Waals surface area contributed by atoms with Gasteiger partial charge in [0.15, 0.2) is 0 Å². The molecule has 0 heterocycles. The smallest absolute Gasteiger partial charge is 0.408 e. The second kappa shape index (κ2) is 8.76. The molecule has 7 heteroatoms. The highest BCUT2D eigenvalue weighted by Gasteiger charge is 2.24. The molecule has 0 aliphatic carbocycles. The van der Waals surface area contributed by atoms with Crippen molar-refractivity contribution in [3.05, 3.63) is 30.1 Å². The van der Waals surface area contributed by atoms with Crippen LogP contribution in [0.4, 0.5) is 14.9 Å². The molecule has 0 saturated carbocycles. The summed E-state index contributed by atoms with van der Waals surface area (Å²) in [6.45, 7) is 5.26. The van der Waals surface area contributed by atoms with Crippen molar-refractivity contribution in [1.82, 2.24) is 5.32 Å². The fraction of sp³-hybridized carbons (Fsp3) is 0.500. The number of anilines is 1. The fourth-order valence-corrected chi connectivity index (χ4v) is 2.19. The van der Waals surface area contributed by atoms with Crippen LogP contribution in [0.2, 0.25) is 0 Å². The number of rotatable bonds is 6. The average molecular weight is 342 g/mol. The lowest BCUT2D eigenvalue weighted by atomic mass is 10.2. The van der Waals surface area contributed by atoms with Crippen LogP contribution in [0.15, 0.2) is 24.3 Å². The molecule has 0 unspecified atom stereocenters. The highest BCUT2D eigenvalue weighted by molar-refractivity contribution is 7.98. The van der Waals surface area contributed by atoms with Gasteiger partial charge in [0.1, 0.15) is 17.5 Å². The minimum Gasteiger partial charge on any atom is -0.444 e. The molecule has 1 aromatic rings. The first-order valence-electron chi connectivity index (χ1n) is 7.26. The van der Waals surface area contributed by atoms with Crippen molar-refractivity contribution in [3.8, 4) is 0 Å². The average Bonchev–Trinajstić information content (AvgIpc) is 2.43. The molecule has 0 bridgehead atoms. The third-order valence-electron chi connectivity index (χ3n) is 2.73. The zero-order chi connectivity index (χ0) is 17.5. The van der Waals surface area contributed by atoms with Crippen molar-refractivity contribution in [2.45, 2.75) is 38.8 Å². The van der Waals surface area contributed by atoms with E-state index in [2.05, 4.69) is 10.6 Å². The van der Waals surface area contributed by atoms with Crippen LogP contribution in [0.1, 0.15) is 27.2 Å². The van der Waals surface area contributed by atoms with E-state index in [-0.39, 0.29) is 11.7 Å². The van der Waals surface area contributed by atoms with E-state index in [0.717, 1.165) is 0 Å². The molecule has 0 aliphatic heterocycles. The van der Waals surface area contributed by atoms with E-state index in [9.17, 15) is 14.0 Å². The fourth-order valence-electron chi connectivity index (χ4n) is 1.72. The van der Waals surface area contributed by atoms with E-state index in [4.69, 9.17) is 4.74 Å². The van der Waals surface area contributed by atoms with Crippen molar-refractivity contribution < 1.29 is 18.7 Å². The van der Waals surface area contributed by atoms with Crippen LogP contribution in [0.3, 0.4) is 0 Å². The number of benzene rings is 1. The van der Waals surface area contributed by atoms with Crippen LogP contribution in [0.5, 0.6) is 0 Å². The Morgan fingerprint density at radius 2 is 1.87 bits per heavy atom. The number of carbonyl (C=O) groups excluding carboxylic acids is 2. The Kier molecular flexibility index (Phi) is 7.35. The number of amides is 2. The molecule has 0 aromatic heterocycles. The molecule has 1 rings (SSSR count). The molecule has 0 radical (unpaired) electrons. The van der Waals surface area contributed by atoms with E-state index < -0.39 is 17.7 Å². The van der Waals surface area contributed by atoms with E-state index in [1.165, 1.54) is 24.3 Å². The van der Waals surface area contributed by atoms with Crippen LogP contribution in [-0.2, 0) is 9.53 Å². The number of carbonyl (C=O) groups is 2. The number of nitrogens with one attached hydrogen (secondary N) is 2. The van der Waals surface area contributed by atoms with E-state index in [0.29, 0.717) is 17.9 Å². The molecule has 5 nitrogen and oxygen atoms in total. The summed E-state index contributed by atoms with van der Waals surface area (Å²) in [5, 5.41) is 5.24. The van der Waals surface area contributed by atoms with Gasteiger partial charge < -0.3 is 15.4 Å². The molecular formula is C16H23FN2O3S. The third kappa shape index (κ3) is 7.88. The molecule has 1 aromatic carbocycles. The summed E-state index contributed by atoms with van der Waals surface area (Å²) in [4.78, 5) is 24.2. The first-order valence-corrected chi connectivity index (χ1v) is 8.65. The Balaban J connectivity index is 2.69. The second-order valence-corrected chi connectivity index (χ2v) is 6.96. The molecule has 128 valence electrons. The quantitative estimate of drug-likeness (QED) is 0.831. The van der Waals surface area contributed by atoms with Gasteiger partial charge in [0.05, 0.1) is 0 Å². The number of thioether (sulfide) groups is 1. The first kappa shape index (κ1) is 19.3. The van der Waals surface area contributed by atoms with Crippen molar-refractivity contribution in [3.63, 3.8) is 0 Å². The van der Waals surface area contributed by atoms with Gasteiger partial charge in [0.25, 0.3) is 0 Å². The lowest BCUT2D eigenvalue weighted by Crippen LogP contribution is -2.46. The molecule has 2 amide bonds. The van der Waals surface area contributed by atoms with Crippen LogP contribution in [0, 0.1) is 5.82 Å². The van der Waals surface area contributed by atoms with Gasteiger partial charge in [0.2, 0.25) is 5.91 Å². The Hall–Kier alpha value is -1.76. The molecule has 0 aliphatic rings. The van der Waals surface area contributed by atoms with E-state index in [1.54, 1.807) is 32.5 Å². The molecular weight excluding hydrogens is 319 g/mol. The number of halogens is 1. The predicted octanol–water partition coefficient (Wildman–Crippen LogP) is 3.41. The Bertz CT molecular complexity index is 529. The lowest BCUT2D eigenvalue weighted by Gasteiger charge is -2.23. The molecule has 0 fully saturated rings. The van der Waals surface area contributed by atoms with Crippen LogP contribution < -0.4 is 10.6 Å². The van der Waals surface area contributed by atoms with Crippen molar-refractivity contribution >= 4 is 29.4 Å². The maximum atomic E-state index is 12.9. The van der Waals surface area contributed by atoms with Gasteiger partial charge in [-0.2, -0.15) is 11.8 Å². The third-order valence-corrected chi connectivity index (χ3v) is 3.37. The zero-order valence-electron chi connectivity index (χ0n) is 13.8. The summed E-state index contributed by atoms with van der Waals surface area (Å²) in [5.74, 6) is -0.0394. The lowest BCUT2D eigenvalue weighted by molar-refractivity contribution is -0.118. The molecule has 23 heavy (non-hydrogen) atoms. The van der Waals surface area contributed by atoms with Gasteiger partial charge in [-0.15, -0.1) is 0 Å². The summed E-state index contributed by atoms with van der Waals surface area (Å²) in [6.07, 6.45) is 1.74. The summed E-state index contributed by atoms with van der Waals surface area (Å²) in [6, 6.07) is 4.72. The molecule has 0 spiro atoms. The molecule has 2 N–H and O–H groups in total. The SMILES string of the molecule is CSCC[C@@H](NC(=O)OC(C)(C)C)C(=O)Nc1ccc(F)cc1. The normalized spacial score (nSPS) is 12.4. The zero-order valence-corrected chi connectivity index (χ0v) is 14.6. The predicted molar refractivity (Wildman–Crippen MR) is 91.2 cm³/mol. The van der Waals surface area contributed by atoms with Gasteiger partial charge in [-0.3, -0.25) is 4.79 Å². The van der Waals surface area contributed by atoms with E-state index in [1.807, 2.05) is 6.26 Å². The van der Waals surface area contributed by atoms with Crippen LogP contribution in [0.25, 0.3) is 0 Å². The number of alkyl carbamates (subject to hydrolysis) is 1. The summed E-state index contributed by atoms with van der Waals surface area (Å²) in [5.41, 5.74) is -0.168. The van der Waals surface area contributed by atoms with Crippen molar-refractivity contribution in [1.29, 1.82) is 0 Å². The number of hydrogen-bond acceptors (Lipinski definition) is 4. The maximum Gasteiger partial charge on any atom is 0.408 e. The van der Waals surface area contributed by atoms with Crippen LogP contribution >= 0.6 is 11.8 Å². The van der Waals surface area contributed by atoms with Crippen molar-refractivity contribution in [2.75, 3.05) is 17.3 Å². The number of ether oxygens (including phenoxy) is 1. The largest absolute Gasteiger partial charge is 0.444 e. The van der Waals surface area contributed by atoms with Gasteiger partial charge in [-0.25, -0.2) is 9.18 Å². The minimum absolute atomic E-state index is 0.364. The standard InChI is InChI=1S/C16H23FN2O3S/c1-16(2,3)22-15(21)19-13(9-10-23-4)14(20)18-12-7-5-11(17)6-8-12/h5-8,13H,9-10H2,1-4H3,(H,18,20)(H,19,21)/t13-/m1/s1. The highest BCUT2D eigenvalue weighted by atomic mass is 32.2. The Morgan fingerprint density at radius 3 is 2.39 bits per heavy atom. The Morgan fingerprint density at radius 1 is 1.26 bits per heavy atom. The van der Waals surface area contributed by atoms with Gasteiger partial charge in [-0.05, 0) is 63.5 Å². The Labute approximate surface area is 140 Å². The number of hydrogen-bond donors (Lipinski definition) is 2. The molecule has 1 atom stereocenters. The maximum absolute atomic E-state index is 12.9. The first-order chi connectivity index (χ1) is 10.7. The summed E-state index contributed by atoms with van der Waals surface area (Å²) >= 11 is 1.57. The van der Waals surface area contributed by atoms with Crippen molar-refractivity contribution in [2.24, 2.45) is 0 Å². The van der Waals surface area contributed by atoms with Gasteiger partial charge in [0, 0.05) is 5.69 Å².